The minimum absolute atomic E-state index is 0.0552. The fraction of sp³-hybridized carbons (Fsp3) is 0.0196. The molecule has 8 aromatic rings. The van der Waals surface area contributed by atoms with E-state index in [0.717, 1.165) is 44.2 Å². The first-order valence-electron chi connectivity index (χ1n) is 18.3. The van der Waals surface area contributed by atoms with Crippen molar-refractivity contribution in [1.82, 2.24) is 5.32 Å². The zero-order valence-electron chi connectivity index (χ0n) is 29.7. The van der Waals surface area contributed by atoms with Crippen LogP contribution >= 0.6 is 0 Å². The van der Waals surface area contributed by atoms with Crippen molar-refractivity contribution in [3.8, 4) is 22.3 Å². The maximum atomic E-state index is 8.59. The monoisotopic (exact) mass is 691 g/mol. The van der Waals surface area contributed by atoms with Gasteiger partial charge in [-0.2, -0.15) is 0 Å². The number of nitrogens with one attached hydrogen (secondary N) is 2. The number of benzene rings is 8. The van der Waals surface area contributed by atoms with Gasteiger partial charge in [-0.3, -0.25) is 10.4 Å². The van der Waals surface area contributed by atoms with Crippen LogP contribution in [0.25, 0.3) is 55.1 Å². The second-order valence-electron chi connectivity index (χ2n) is 13.7. The Morgan fingerprint density at radius 3 is 1.83 bits per heavy atom. The van der Waals surface area contributed by atoms with Crippen molar-refractivity contribution in [2.45, 2.75) is 6.04 Å². The van der Waals surface area contributed by atoms with E-state index in [0.29, 0.717) is 5.71 Å². The Labute approximate surface area is 315 Å². The van der Waals surface area contributed by atoms with Crippen LogP contribution in [0, 0.1) is 5.41 Å². The SMILES string of the molecule is N=C(/C=N\c1cc2ccccc2c2cc(-c3cccc(-c4cccc(C5=CC(c6ccccc6)NC(c6ccccc6)=C5)c4)c3)ccc12)c1ccccc1. The lowest BCUT2D eigenvalue weighted by Crippen LogP contribution is -2.21. The lowest BCUT2D eigenvalue weighted by molar-refractivity contribution is 0.767. The Balaban J connectivity index is 1.07. The van der Waals surface area contributed by atoms with Gasteiger partial charge in [0, 0.05) is 16.6 Å². The van der Waals surface area contributed by atoms with Crippen molar-refractivity contribution in [2.75, 3.05) is 0 Å². The first kappa shape index (κ1) is 32.8. The van der Waals surface area contributed by atoms with Crippen molar-refractivity contribution >= 4 is 50.4 Å². The highest BCUT2D eigenvalue weighted by atomic mass is 14.9. The topological polar surface area (TPSA) is 48.2 Å². The summed E-state index contributed by atoms with van der Waals surface area (Å²) in [5, 5.41) is 16.9. The number of rotatable bonds is 8. The Hall–Kier alpha value is -7.10. The number of hydrogen-bond acceptors (Lipinski definition) is 3. The molecule has 3 heteroatoms. The molecule has 1 heterocycles. The molecule has 3 nitrogen and oxygen atoms in total. The van der Waals surface area contributed by atoms with E-state index in [9.17, 15) is 0 Å². The highest BCUT2D eigenvalue weighted by Crippen LogP contribution is 2.38. The van der Waals surface area contributed by atoms with Crippen LogP contribution in [0.2, 0.25) is 0 Å². The first-order chi connectivity index (χ1) is 26.7. The fourth-order valence-corrected chi connectivity index (χ4v) is 7.39. The van der Waals surface area contributed by atoms with Gasteiger partial charge in [0.25, 0.3) is 0 Å². The summed E-state index contributed by atoms with van der Waals surface area (Å²) >= 11 is 0. The van der Waals surface area contributed by atoms with Gasteiger partial charge in [0.1, 0.15) is 0 Å². The standard InChI is InChI=1S/C51H37N3/c52-48(35-14-4-1-5-15-35)34-53-51-31-43-20-10-11-25-45(43)47-30-42(26-27-46(47)51)40-23-12-21-38(28-40)39-22-13-24-41(29-39)44-32-49(36-16-6-2-7-17-36)54-50(33-44)37-18-8-3-9-19-37/h1-34,49,52,54H/b52-48?,53-34-. The second-order valence-corrected chi connectivity index (χ2v) is 13.7. The number of nitrogens with zero attached hydrogens (tertiary/aromatic N) is 1. The number of aliphatic imine (C=N–C) groups is 1. The van der Waals surface area contributed by atoms with Gasteiger partial charge in [-0.25, -0.2) is 0 Å². The van der Waals surface area contributed by atoms with Crippen LogP contribution in [0.15, 0.2) is 205 Å². The smallest absolute Gasteiger partial charge is 0.0795 e. The molecule has 54 heavy (non-hydrogen) atoms. The van der Waals surface area contributed by atoms with E-state index >= 15 is 0 Å². The van der Waals surface area contributed by atoms with Crippen LogP contribution in [0.1, 0.15) is 28.3 Å². The lowest BCUT2D eigenvalue weighted by Gasteiger charge is -2.26. The van der Waals surface area contributed by atoms with E-state index < -0.39 is 0 Å². The summed E-state index contributed by atoms with van der Waals surface area (Å²) in [6.07, 6.45) is 6.26. The van der Waals surface area contributed by atoms with Crippen molar-refractivity contribution in [3.05, 3.63) is 222 Å². The van der Waals surface area contributed by atoms with Gasteiger partial charge in [0.2, 0.25) is 0 Å². The van der Waals surface area contributed by atoms with Gasteiger partial charge in [-0.15, -0.1) is 0 Å². The predicted octanol–water partition coefficient (Wildman–Crippen LogP) is 12.9. The summed E-state index contributed by atoms with van der Waals surface area (Å²) < 4.78 is 0. The number of hydrogen-bond donors (Lipinski definition) is 2. The molecule has 1 aliphatic rings. The fourth-order valence-electron chi connectivity index (χ4n) is 7.39. The third kappa shape index (κ3) is 6.67. The zero-order valence-corrected chi connectivity index (χ0v) is 29.7. The zero-order chi connectivity index (χ0) is 36.3. The molecule has 0 fully saturated rings. The summed E-state index contributed by atoms with van der Waals surface area (Å²) in [6.45, 7) is 0. The molecule has 256 valence electrons. The molecular weight excluding hydrogens is 655 g/mol. The Morgan fingerprint density at radius 2 is 1.09 bits per heavy atom. The molecule has 1 atom stereocenters. The molecular formula is C51H37N3. The van der Waals surface area contributed by atoms with Gasteiger partial charge >= 0.3 is 0 Å². The Morgan fingerprint density at radius 1 is 0.500 bits per heavy atom. The summed E-state index contributed by atoms with van der Waals surface area (Å²) in [4.78, 5) is 4.85. The average Bonchev–Trinajstić information content (AvgIpc) is 3.26. The van der Waals surface area contributed by atoms with Gasteiger partial charge in [0.05, 0.1) is 23.7 Å². The molecule has 0 saturated heterocycles. The van der Waals surface area contributed by atoms with Gasteiger partial charge in [-0.05, 0) is 97.1 Å². The van der Waals surface area contributed by atoms with E-state index in [1.807, 2.05) is 30.3 Å². The van der Waals surface area contributed by atoms with E-state index in [1.165, 1.54) is 38.8 Å². The van der Waals surface area contributed by atoms with Crippen LogP contribution in [0.4, 0.5) is 5.69 Å². The van der Waals surface area contributed by atoms with Crippen molar-refractivity contribution in [1.29, 1.82) is 5.41 Å². The van der Waals surface area contributed by atoms with Crippen molar-refractivity contribution in [3.63, 3.8) is 0 Å². The van der Waals surface area contributed by atoms with Crippen LogP contribution in [0.5, 0.6) is 0 Å². The lowest BCUT2D eigenvalue weighted by atomic mass is 9.91. The molecule has 0 aromatic heterocycles. The average molecular weight is 692 g/mol. The second kappa shape index (κ2) is 14.5. The van der Waals surface area contributed by atoms with Crippen molar-refractivity contribution < 1.29 is 0 Å². The van der Waals surface area contributed by atoms with Crippen LogP contribution in [-0.4, -0.2) is 11.9 Å². The first-order valence-corrected chi connectivity index (χ1v) is 18.3. The third-order valence-corrected chi connectivity index (χ3v) is 10.2. The Bertz CT molecular complexity index is 2740. The van der Waals surface area contributed by atoms with Gasteiger partial charge in [-0.1, -0.05) is 164 Å². The summed E-state index contributed by atoms with van der Waals surface area (Å²) in [7, 11) is 0. The predicted molar refractivity (Wildman–Crippen MR) is 228 cm³/mol. The molecule has 8 aromatic carbocycles. The molecule has 0 aliphatic carbocycles. The maximum Gasteiger partial charge on any atom is 0.0795 e. The molecule has 1 unspecified atom stereocenters. The van der Waals surface area contributed by atoms with Crippen LogP contribution < -0.4 is 5.32 Å². The molecule has 0 bridgehead atoms. The van der Waals surface area contributed by atoms with E-state index in [-0.39, 0.29) is 6.04 Å². The van der Waals surface area contributed by atoms with E-state index in [2.05, 4.69) is 175 Å². The number of dihydropyridines is 1. The van der Waals surface area contributed by atoms with Gasteiger partial charge < -0.3 is 5.32 Å². The number of fused-ring (bicyclic) bond motifs is 3. The Kier molecular flexibility index (Phi) is 8.80. The molecule has 0 amide bonds. The maximum absolute atomic E-state index is 8.59. The highest BCUT2D eigenvalue weighted by molar-refractivity contribution is 6.37. The summed E-state index contributed by atoms with van der Waals surface area (Å²) in [5.74, 6) is 0. The summed E-state index contributed by atoms with van der Waals surface area (Å²) in [6, 6.07) is 65.9. The van der Waals surface area contributed by atoms with E-state index in [4.69, 9.17) is 10.4 Å². The van der Waals surface area contributed by atoms with E-state index in [1.54, 1.807) is 6.21 Å². The third-order valence-electron chi connectivity index (χ3n) is 10.2. The molecule has 1 aliphatic heterocycles. The highest BCUT2D eigenvalue weighted by Gasteiger charge is 2.18. The van der Waals surface area contributed by atoms with Crippen LogP contribution in [0.3, 0.4) is 0 Å². The molecule has 0 saturated carbocycles. The minimum atomic E-state index is 0.0552. The normalized spacial score (nSPS) is 14.1. The minimum Gasteiger partial charge on any atom is -0.374 e. The largest absolute Gasteiger partial charge is 0.374 e. The van der Waals surface area contributed by atoms with Gasteiger partial charge in [0.15, 0.2) is 0 Å². The molecule has 2 N–H and O–H groups in total. The quantitative estimate of drug-likeness (QED) is 0.121. The molecule has 0 radical (unpaired) electrons. The number of allylic oxidation sites excluding steroid dienone is 2. The van der Waals surface area contributed by atoms with Crippen LogP contribution in [-0.2, 0) is 0 Å². The molecule has 9 rings (SSSR count). The van der Waals surface area contributed by atoms with Crippen molar-refractivity contribution in [2.24, 2.45) is 4.99 Å². The molecule has 0 spiro atoms. The summed E-state index contributed by atoms with van der Waals surface area (Å²) in [5.41, 5.74) is 12.6.